The summed E-state index contributed by atoms with van der Waals surface area (Å²) < 4.78 is 5.76. The van der Waals surface area contributed by atoms with Crippen molar-refractivity contribution >= 4 is 22.7 Å². The number of hydrogen-bond donors (Lipinski definition) is 2. The van der Waals surface area contributed by atoms with Gasteiger partial charge in [-0.2, -0.15) is 5.10 Å². The van der Waals surface area contributed by atoms with Crippen molar-refractivity contribution < 1.29 is 9.21 Å². The molecule has 0 spiro atoms. The molecule has 2 aromatic rings. The van der Waals surface area contributed by atoms with Crippen molar-refractivity contribution in [2.45, 2.75) is 20.3 Å². The number of furan rings is 1. The van der Waals surface area contributed by atoms with Crippen molar-refractivity contribution in [2.75, 3.05) is 0 Å². The van der Waals surface area contributed by atoms with Crippen LogP contribution in [0.4, 0.5) is 4.79 Å². The van der Waals surface area contributed by atoms with Gasteiger partial charge >= 0.3 is 6.03 Å². The van der Waals surface area contributed by atoms with E-state index in [0.717, 1.165) is 23.0 Å². The molecule has 1 heterocycles. The van der Waals surface area contributed by atoms with Crippen molar-refractivity contribution in [3.8, 4) is 0 Å². The number of aryl methyl sites for hydroxylation is 1. The van der Waals surface area contributed by atoms with E-state index >= 15 is 0 Å². The van der Waals surface area contributed by atoms with E-state index in [1.165, 1.54) is 0 Å². The maximum Gasteiger partial charge on any atom is 0.332 e. The lowest BCUT2D eigenvalue weighted by molar-refractivity contribution is 0.249. The van der Waals surface area contributed by atoms with Gasteiger partial charge in [-0.1, -0.05) is 25.1 Å². The van der Waals surface area contributed by atoms with E-state index in [9.17, 15) is 4.79 Å². The molecule has 0 radical (unpaired) electrons. The molecule has 5 nitrogen and oxygen atoms in total. The number of fused-ring (bicyclic) bond motifs is 1. The first kappa shape index (κ1) is 12.2. The number of nitrogens with one attached hydrogen (secondary N) is 1. The van der Waals surface area contributed by atoms with Gasteiger partial charge in [0.25, 0.3) is 0 Å². The minimum Gasteiger partial charge on any atom is -0.454 e. The number of rotatable bonds is 3. The van der Waals surface area contributed by atoms with Gasteiger partial charge in [0, 0.05) is 10.9 Å². The van der Waals surface area contributed by atoms with Gasteiger partial charge in [0.2, 0.25) is 0 Å². The first-order valence-electron chi connectivity index (χ1n) is 5.74. The van der Waals surface area contributed by atoms with Crippen molar-refractivity contribution in [2.24, 2.45) is 10.8 Å². The largest absolute Gasteiger partial charge is 0.454 e. The van der Waals surface area contributed by atoms with Gasteiger partial charge in [0.05, 0.1) is 0 Å². The van der Waals surface area contributed by atoms with E-state index in [4.69, 9.17) is 10.2 Å². The molecule has 0 aliphatic carbocycles. The molecule has 0 saturated carbocycles. The second kappa shape index (κ2) is 4.91. The third-order valence-corrected chi connectivity index (χ3v) is 2.71. The fourth-order valence-electron chi connectivity index (χ4n) is 1.93. The van der Waals surface area contributed by atoms with Crippen LogP contribution in [0.2, 0.25) is 0 Å². The number of carbonyl (C=O) groups is 1. The summed E-state index contributed by atoms with van der Waals surface area (Å²) in [6, 6.07) is 7.12. The van der Waals surface area contributed by atoms with Crippen molar-refractivity contribution in [1.82, 2.24) is 5.43 Å². The van der Waals surface area contributed by atoms with E-state index in [2.05, 4.69) is 17.5 Å². The maximum atomic E-state index is 10.6. The smallest absolute Gasteiger partial charge is 0.332 e. The predicted molar refractivity (Wildman–Crippen MR) is 70.5 cm³/mol. The molecule has 1 aromatic heterocycles. The third kappa shape index (κ3) is 2.20. The van der Waals surface area contributed by atoms with Gasteiger partial charge in [-0.3, -0.25) is 0 Å². The van der Waals surface area contributed by atoms with Crippen LogP contribution >= 0.6 is 0 Å². The number of carbonyl (C=O) groups excluding carboxylic acids is 1. The Morgan fingerprint density at radius 2 is 2.17 bits per heavy atom. The summed E-state index contributed by atoms with van der Waals surface area (Å²) in [7, 11) is 0. The van der Waals surface area contributed by atoms with Crippen LogP contribution in [0.25, 0.3) is 11.0 Å². The molecule has 0 aliphatic rings. The molecule has 0 atom stereocenters. The van der Waals surface area contributed by atoms with Crippen LogP contribution in [0.1, 0.15) is 25.2 Å². The van der Waals surface area contributed by atoms with Gasteiger partial charge < -0.3 is 10.2 Å². The van der Waals surface area contributed by atoms with E-state index in [1.54, 1.807) is 6.92 Å². The van der Waals surface area contributed by atoms with E-state index in [-0.39, 0.29) is 0 Å². The van der Waals surface area contributed by atoms with Crippen LogP contribution in [0.3, 0.4) is 0 Å². The van der Waals surface area contributed by atoms with Gasteiger partial charge in [-0.25, -0.2) is 10.2 Å². The Labute approximate surface area is 105 Å². The second-order valence-electron chi connectivity index (χ2n) is 3.93. The third-order valence-electron chi connectivity index (χ3n) is 2.71. The fraction of sp³-hybridized carbons (Fsp3) is 0.231. The molecule has 2 rings (SSSR count). The average molecular weight is 245 g/mol. The van der Waals surface area contributed by atoms with E-state index < -0.39 is 6.03 Å². The summed E-state index contributed by atoms with van der Waals surface area (Å²) in [5.74, 6) is 0.687. The van der Waals surface area contributed by atoms with Gasteiger partial charge in [-0.05, 0) is 19.4 Å². The SMILES string of the molecule is CCc1c(/C(C)=N/NC(N)=O)oc2ccccc12. The molecule has 3 N–H and O–H groups in total. The standard InChI is InChI=1S/C13H15N3O2/c1-3-9-10-6-4-5-7-11(10)18-12(9)8(2)15-16-13(14)17/h4-7H,3H2,1-2H3,(H3,14,16,17)/b15-8+. The normalized spacial score (nSPS) is 11.8. The highest BCUT2D eigenvalue weighted by molar-refractivity contribution is 6.02. The molecular formula is C13H15N3O2. The van der Waals surface area contributed by atoms with E-state index in [0.29, 0.717) is 11.5 Å². The Kier molecular flexibility index (Phi) is 3.32. The van der Waals surface area contributed by atoms with Gasteiger partial charge in [-0.15, -0.1) is 0 Å². The fourth-order valence-corrected chi connectivity index (χ4v) is 1.93. The maximum absolute atomic E-state index is 10.6. The number of amides is 2. The average Bonchev–Trinajstić information content (AvgIpc) is 2.74. The zero-order valence-corrected chi connectivity index (χ0v) is 10.4. The molecule has 0 saturated heterocycles. The molecule has 0 unspecified atom stereocenters. The molecule has 18 heavy (non-hydrogen) atoms. The van der Waals surface area contributed by atoms with E-state index in [1.807, 2.05) is 24.3 Å². The highest BCUT2D eigenvalue weighted by Crippen LogP contribution is 2.26. The molecule has 94 valence electrons. The molecule has 0 fully saturated rings. The lowest BCUT2D eigenvalue weighted by Crippen LogP contribution is -2.25. The zero-order valence-electron chi connectivity index (χ0n) is 10.4. The van der Waals surface area contributed by atoms with Crippen LogP contribution < -0.4 is 11.2 Å². The predicted octanol–water partition coefficient (Wildman–Crippen LogP) is 2.39. The number of benzene rings is 1. The molecule has 0 bridgehead atoms. The molecular weight excluding hydrogens is 230 g/mol. The molecule has 1 aromatic carbocycles. The Hall–Kier alpha value is -2.30. The quantitative estimate of drug-likeness (QED) is 0.643. The number of primary amides is 1. The topological polar surface area (TPSA) is 80.6 Å². The van der Waals surface area contributed by atoms with Crippen LogP contribution in [0.15, 0.2) is 33.8 Å². The van der Waals surface area contributed by atoms with Crippen LogP contribution in [0, 0.1) is 0 Å². The number of nitrogens with zero attached hydrogens (tertiary/aromatic N) is 1. The van der Waals surface area contributed by atoms with Crippen LogP contribution in [0.5, 0.6) is 0 Å². The van der Waals surface area contributed by atoms with Gasteiger partial charge in [0.1, 0.15) is 11.3 Å². The van der Waals surface area contributed by atoms with Crippen molar-refractivity contribution in [3.63, 3.8) is 0 Å². The molecule has 0 aliphatic heterocycles. The van der Waals surface area contributed by atoms with Gasteiger partial charge in [0.15, 0.2) is 5.76 Å². The summed E-state index contributed by atoms with van der Waals surface area (Å²) in [5, 5.41) is 4.97. The monoisotopic (exact) mass is 245 g/mol. The first-order valence-corrected chi connectivity index (χ1v) is 5.74. The van der Waals surface area contributed by atoms with Crippen LogP contribution in [-0.4, -0.2) is 11.7 Å². The summed E-state index contributed by atoms with van der Waals surface area (Å²) in [6.45, 7) is 3.82. The molecule has 2 amide bonds. The highest BCUT2D eigenvalue weighted by atomic mass is 16.3. The van der Waals surface area contributed by atoms with Crippen molar-refractivity contribution in [1.29, 1.82) is 0 Å². The first-order chi connectivity index (χ1) is 8.63. The number of hydrazone groups is 1. The Morgan fingerprint density at radius 1 is 1.44 bits per heavy atom. The number of hydrogen-bond acceptors (Lipinski definition) is 3. The molecule has 5 heteroatoms. The minimum atomic E-state index is -0.691. The Morgan fingerprint density at radius 3 is 2.83 bits per heavy atom. The Bertz CT molecular complexity index is 614. The zero-order chi connectivity index (χ0) is 13.1. The number of nitrogens with two attached hydrogens (primary N) is 1. The number of urea groups is 1. The Balaban J connectivity index is 2.50. The van der Waals surface area contributed by atoms with Crippen LogP contribution in [-0.2, 0) is 6.42 Å². The lowest BCUT2D eigenvalue weighted by atomic mass is 10.1. The number of para-hydroxylation sites is 1. The summed E-state index contributed by atoms with van der Waals surface area (Å²) >= 11 is 0. The van der Waals surface area contributed by atoms with Crippen molar-refractivity contribution in [3.05, 3.63) is 35.6 Å². The highest BCUT2D eigenvalue weighted by Gasteiger charge is 2.14. The summed E-state index contributed by atoms with van der Waals surface area (Å²) in [6.07, 6.45) is 0.829. The summed E-state index contributed by atoms with van der Waals surface area (Å²) in [4.78, 5) is 10.6. The summed E-state index contributed by atoms with van der Waals surface area (Å²) in [5.41, 5.74) is 9.68. The lowest BCUT2D eigenvalue weighted by Gasteiger charge is -2.00. The minimum absolute atomic E-state index is 0.599. The second-order valence-corrected chi connectivity index (χ2v) is 3.93.